The number of amides is 1. The molecular formula is C13H19FN2O3. The predicted octanol–water partition coefficient (Wildman–Crippen LogP) is 1.13. The second kappa shape index (κ2) is 6.94. The Morgan fingerprint density at radius 3 is 2.42 bits per heavy atom. The first-order chi connectivity index (χ1) is 9.04. The van der Waals surface area contributed by atoms with E-state index in [9.17, 15) is 9.18 Å². The largest absolute Gasteiger partial charge is 0.493 e. The molecule has 0 radical (unpaired) electrons. The van der Waals surface area contributed by atoms with Crippen LogP contribution in [0.5, 0.6) is 11.5 Å². The molecule has 6 heteroatoms. The number of nitrogens with one attached hydrogen (secondary N) is 1. The highest BCUT2D eigenvalue weighted by atomic mass is 19.1. The van der Waals surface area contributed by atoms with E-state index in [4.69, 9.17) is 9.47 Å². The van der Waals surface area contributed by atoms with Crippen molar-refractivity contribution in [3.8, 4) is 11.5 Å². The SMILES string of the molecule is CNCCN(C)C(=O)c1cc(OC)c(OC)cc1F. The molecule has 0 heterocycles. The van der Waals surface area contributed by atoms with Crippen molar-refractivity contribution in [3.05, 3.63) is 23.5 Å². The summed E-state index contributed by atoms with van der Waals surface area (Å²) in [6, 6.07) is 2.50. The third kappa shape index (κ3) is 3.57. The van der Waals surface area contributed by atoms with Crippen molar-refractivity contribution in [2.24, 2.45) is 0 Å². The summed E-state index contributed by atoms with van der Waals surface area (Å²) in [5.74, 6) is -0.434. The molecule has 0 spiro atoms. The summed E-state index contributed by atoms with van der Waals surface area (Å²) in [5, 5.41) is 2.93. The Hall–Kier alpha value is -1.82. The number of likely N-dealkylation sites (N-methyl/N-ethyl adjacent to an activating group) is 2. The van der Waals surface area contributed by atoms with Gasteiger partial charge in [0, 0.05) is 26.2 Å². The molecule has 0 aliphatic rings. The van der Waals surface area contributed by atoms with Crippen LogP contribution in [0.4, 0.5) is 4.39 Å². The number of hydrogen-bond donors (Lipinski definition) is 1. The number of ether oxygens (including phenoxy) is 2. The molecule has 106 valence electrons. The van der Waals surface area contributed by atoms with Crippen molar-refractivity contribution in [1.29, 1.82) is 0 Å². The number of nitrogens with zero attached hydrogens (tertiary/aromatic N) is 1. The van der Waals surface area contributed by atoms with Crippen LogP contribution in [-0.2, 0) is 0 Å². The van der Waals surface area contributed by atoms with Gasteiger partial charge in [-0.25, -0.2) is 4.39 Å². The number of rotatable bonds is 6. The Morgan fingerprint density at radius 1 is 1.32 bits per heavy atom. The van der Waals surface area contributed by atoms with E-state index in [1.807, 2.05) is 0 Å². The lowest BCUT2D eigenvalue weighted by Crippen LogP contribution is -2.33. The summed E-state index contributed by atoms with van der Waals surface area (Å²) in [6.07, 6.45) is 0. The summed E-state index contributed by atoms with van der Waals surface area (Å²) < 4.78 is 23.9. The van der Waals surface area contributed by atoms with Gasteiger partial charge in [-0.1, -0.05) is 0 Å². The number of hydrogen-bond acceptors (Lipinski definition) is 4. The second-order valence-corrected chi connectivity index (χ2v) is 4.02. The molecular weight excluding hydrogens is 251 g/mol. The third-order valence-corrected chi connectivity index (χ3v) is 2.75. The molecule has 0 aromatic heterocycles. The topological polar surface area (TPSA) is 50.8 Å². The molecule has 1 amide bonds. The Kier molecular flexibility index (Phi) is 5.57. The maximum Gasteiger partial charge on any atom is 0.256 e. The number of halogens is 1. The van der Waals surface area contributed by atoms with Gasteiger partial charge in [0.15, 0.2) is 11.5 Å². The van der Waals surface area contributed by atoms with Crippen LogP contribution in [0.3, 0.4) is 0 Å². The fourth-order valence-corrected chi connectivity index (χ4v) is 1.60. The zero-order chi connectivity index (χ0) is 14.4. The lowest BCUT2D eigenvalue weighted by atomic mass is 10.1. The highest BCUT2D eigenvalue weighted by Gasteiger charge is 2.19. The molecule has 0 aliphatic carbocycles. The highest BCUT2D eigenvalue weighted by Crippen LogP contribution is 2.30. The predicted molar refractivity (Wildman–Crippen MR) is 70.4 cm³/mol. The van der Waals surface area contributed by atoms with Crippen LogP contribution in [0, 0.1) is 5.82 Å². The lowest BCUT2D eigenvalue weighted by molar-refractivity contribution is 0.0791. The van der Waals surface area contributed by atoms with Gasteiger partial charge in [-0.15, -0.1) is 0 Å². The summed E-state index contributed by atoms with van der Waals surface area (Å²) in [6.45, 7) is 1.13. The zero-order valence-electron chi connectivity index (χ0n) is 11.6. The lowest BCUT2D eigenvalue weighted by Gasteiger charge is -2.18. The standard InChI is InChI=1S/C13H19FN2O3/c1-15-5-6-16(2)13(17)9-7-11(18-3)12(19-4)8-10(9)14/h7-8,15H,5-6H2,1-4H3. The average Bonchev–Trinajstić information content (AvgIpc) is 2.43. The van der Waals surface area contributed by atoms with Gasteiger partial charge in [0.05, 0.1) is 19.8 Å². The molecule has 0 bridgehead atoms. The minimum absolute atomic E-state index is 0.0312. The van der Waals surface area contributed by atoms with Gasteiger partial charge < -0.3 is 19.7 Å². The van der Waals surface area contributed by atoms with Crippen LogP contribution in [0.15, 0.2) is 12.1 Å². The van der Waals surface area contributed by atoms with Crippen LogP contribution < -0.4 is 14.8 Å². The van der Waals surface area contributed by atoms with E-state index in [1.54, 1.807) is 14.1 Å². The molecule has 0 saturated heterocycles. The molecule has 1 aromatic carbocycles. The van der Waals surface area contributed by atoms with Gasteiger partial charge in [0.1, 0.15) is 5.82 Å². The Balaban J connectivity index is 3.02. The van der Waals surface area contributed by atoms with E-state index in [1.165, 1.54) is 25.2 Å². The molecule has 0 atom stereocenters. The van der Waals surface area contributed by atoms with E-state index in [0.717, 1.165) is 6.07 Å². The highest BCUT2D eigenvalue weighted by molar-refractivity contribution is 5.95. The van der Waals surface area contributed by atoms with E-state index in [2.05, 4.69) is 5.32 Å². The van der Waals surface area contributed by atoms with Gasteiger partial charge >= 0.3 is 0 Å². The summed E-state index contributed by atoms with van der Waals surface area (Å²) >= 11 is 0. The molecule has 5 nitrogen and oxygen atoms in total. The molecule has 0 fully saturated rings. The van der Waals surface area contributed by atoms with Crippen LogP contribution in [-0.4, -0.2) is 52.2 Å². The minimum atomic E-state index is -0.626. The Bertz CT molecular complexity index is 452. The van der Waals surface area contributed by atoms with Gasteiger partial charge in [-0.05, 0) is 13.1 Å². The van der Waals surface area contributed by atoms with Gasteiger partial charge in [-0.3, -0.25) is 4.79 Å². The Labute approximate surface area is 112 Å². The van der Waals surface area contributed by atoms with Gasteiger partial charge in [0.25, 0.3) is 5.91 Å². The maximum atomic E-state index is 13.9. The quantitative estimate of drug-likeness (QED) is 0.842. The molecule has 1 N–H and O–H groups in total. The first kappa shape index (κ1) is 15.2. The molecule has 0 aliphatic heterocycles. The van der Waals surface area contributed by atoms with Crippen molar-refractivity contribution in [2.45, 2.75) is 0 Å². The van der Waals surface area contributed by atoms with Crippen molar-refractivity contribution in [1.82, 2.24) is 10.2 Å². The van der Waals surface area contributed by atoms with Crippen LogP contribution >= 0.6 is 0 Å². The minimum Gasteiger partial charge on any atom is -0.493 e. The van der Waals surface area contributed by atoms with Crippen molar-refractivity contribution < 1.29 is 18.7 Å². The van der Waals surface area contributed by atoms with Crippen LogP contribution in [0.2, 0.25) is 0 Å². The van der Waals surface area contributed by atoms with Crippen molar-refractivity contribution in [3.63, 3.8) is 0 Å². The summed E-state index contributed by atoms with van der Waals surface area (Å²) in [7, 11) is 6.26. The summed E-state index contributed by atoms with van der Waals surface area (Å²) in [4.78, 5) is 13.5. The molecule has 0 unspecified atom stereocenters. The van der Waals surface area contributed by atoms with E-state index >= 15 is 0 Å². The van der Waals surface area contributed by atoms with Crippen LogP contribution in [0.25, 0.3) is 0 Å². The fourth-order valence-electron chi connectivity index (χ4n) is 1.60. The average molecular weight is 270 g/mol. The van der Waals surface area contributed by atoms with E-state index in [0.29, 0.717) is 18.8 Å². The first-order valence-electron chi connectivity index (χ1n) is 5.86. The number of carbonyl (C=O) groups excluding carboxylic acids is 1. The maximum absolute atomic E-state index is 13.9. The van der Waals surface area contributed by atoms with Crippen LogP contribution in [0.1, 0.15) is 10.4 Å². The molecule has 1 aromatic rings. The number of carbonyl (C=O) groups is 1. The van der Waals surface area contributed by atoms with E-state index in [-0.39, 0.29) is 11.3 Å². The summed E-state index contributed by atoms with van der Waals surface area (Å²) in [5.41, 5.74) is -0.0312. The van der Waals surface area contributed by atoms with Crippen molar-refractivity contribution in [2.75, 3.05) is 41.4 Å². The Morgan fingerprint density at radius 2 is 1.89 bits per heavy atom. The second-order valence-electron chi connectivity index (χ2n) is 4.02. The van der Waals surface area contributed by atoms with Crippen molar-refractivity contribution >= 4 is 5.91 Å². The zero-order valence-corrected chi connectivity index (χ0v) is 11.6. The van der Waals surface area contributed by atoms with Gasteiger partial charge in [-0.2, -0.15) is 0 Å². The normalized spacial score (nSPS) is 10.2. The van der Waals surface area contributed by atoms with Gasteiger partial charge in [0.2, 0.25) is 0 Å². The first-order valence-corrected chi connectivity index (χ1v) is 5.86. The fraction of sp³-hybridized carbons (Fsp3) is 0.462. The molecule has 1 rings (SSSR count). The third-order valence-electron chi connectivity index (χ3n) is 2.75. The smallest absolute Gasteiger partial charge is 0.256 e. The monoisotopic (exact) mass is 270 g/mol. The molecule has 19 heavy (non-hydrogen) atoms. The number of benzene rings is 1. The molecule has 0 saturated carbocycles. The number of methoxy groups -OCH3 is 2. The van der Waals surface area contributed by atoms with E-state index < -0.39 is 11.7 Å².